The summed E-state index contributed by atoms with van der Waals surface area (Å²) < 4.78 is 8.40. The highest BCUT2D eigenvalue weighted by Gasteiger charge is 2.16. The number of nitrogens with zero attached hydrogens (tertiary/aromatic N) is 3. The highest BCUT2D eigenvalue weighted by atomic mass is 16.4. The van der Waals surface area contributed by atoms with Gasteiger partial charge in [0.1, 0.15) is 0 Å². The molecule has 0 saturated heterocycles. The molecular weight excluding hydrogens is 490 g/mol. The van der Waals surface area contributed by atoms with Crippen LogP contribution in [0.5, 0.6) is 0 Å². The number of rotatable bonds is 4. The first-order valence-electron chi connectivity index (χ1n) is 13.6. The van der Waals surface area contributed by atoms with E-state index in [0.29, 0.717) is 11.8 Å². The maximum Gasteiger partial charge on any atom is 0.248 e. The van der Waals surface area contributed by atoms with Gasteiger partial charge < -0.3 is 8.98 Å². The van der Waals surface area contributed by atoms with Crippen LogP contribution >= 0.6 is 0 Å². The predicted octanol–water partition coefficient (Wildman–Crippen LogP) is 9.47. The second kappa shape index (κ2) is 9.35. The topological polar surface area (TPSA) is 43.9 Å². The lowest BCUT2D eigenvalue weighted by atomic mass is 9.87. The average molecular weight is 520 g/mol. The van der Waals surface area contributed by atoms with Gasteiger partial charge in [-0.05, 0) is 76.7 Å². The minimum atomic E-state index is 0.0980. The molecule has 0 radical (unpaired) electrons. The summed E-state index contributed by atoms with van der Waals surface area (Å²) >= 11 is 0. The summed E-state index contributed by atoms with van der Waals surface area (Å²) in [6.07, 6.45) is 0. The molecule has 0 saturated carbocycles. The molecule has 0 aliphatic heterocycles. The number of hydrogen-bond acceptors (Lipinski definition) is 3. The van der Waals surface area contributed by atoms with E-state index in [1.54, 1.807) is 0 Å². The molecule has 0 fully saturated rings. The SMILES string of the molecule is CC(C)(C)c1ccc(-c2nnc(-c3ccc(-n4c5ccccc5c5cc(-c6ccccc6)ccc54)cc3)o2)cc1. The smallest absolute Gasteiger partial charge is 0.248 e. The summed E-state index contributed by atoms with van der Waals surface area (Å²) in [6, 6.07) is 42.5. The Morgan fingerprint density at radius 3 is 1.77 bits per heavy atom. The molecule has 0 atom stereocenters. The zero-order valence-corrected chi connectivity index (χ0v) is 22.8. The lowest BCUT2D eigenvalue weighted by molar-refractivity contribution is 0.582. The van der Waals surface area contributed by atoms with Crippen LogP contribution in [0, 0.1) is 0 Å². The first-order valence-corrected chi connectivity index (χ1v) is 13.6. The summed E-state index contributed by atoms with van der Waals surface area (Å²) in [5.41, 5.74) is 9.04. The van der Waals surface area contributed by atoms with Gasteiger partial charge in [0.05, 0.1) is 11.0 Å². The summed E-state index contributed by atoms with van der Waals surface area (Å²) in [7, 11) is 0. The van der Waals surface area contributed by atoms with Crippen LogP contribution in [0.1, 0.15) is 26.3 Å². The molecular formula is C36H29N3O. The third kappa shape index (κ3) is 4.18. The van der Waals surface area contributed by atoms with Crippen molar-refractivity contribution in [3.05, 3.63) is 127 Å². The van der Waals surface area contributed by atoms with Gasteiger partial charge >= 0.3 is 0 Å². The van der Waals surface area contributed by atoms with Crippen LogP contribution in [0.2, 0.25) is 0 Å². The molecule has 0 bridgehead atoms. The second-order valence-corrected chi connectivity index (χ2v) is 11.2. The van der Waals surface area contributed by atoms with Crippen molar-refractivity contribution in [2.75, 3.05) is 0 Å². The normalized spacial score (nSPS) is 11.9. The predicted molar refractivity (Wildman–Crippen MR) is 164 cm³/mol. The van der Waals surface area contributed by atoms with Crippen LogP contribution in [0.3, 0.4) is 0 Å². The lowest BCUT2D eigenvalue weighted by Gasteiger charge is -2.18. The maximum absolute atomic E-state index is 6.08. The molecule has 194 valence electrons. The number of hydrogen-bond donors (Lipinski definition) is 0. The number of fused-ring (bicyclic) bond motifs is 3. The number of aromatic nitrogens is 3. The molecule has 5 aromatic carbocycles. The highest BCUT2D eigenvalue weighted by molar-refractivity contribution is 6.10. The Bertz CT molecular complexity index is 1960. The third-order valence-corrected chi connectivity index (χ3v) is 7.58. The summed E-state index contributed by atoms with van der Waals surface area (Å²) in [4.78, 5) is 0. The van der Waals surface area contributed by atoms with Gasteiger partial charge in [0.25, 0.3) is 0 Å². The molecule has 0 aliphatic rings. The van der Waals surface area contributed by atoms with Gasteiger partial charge in [-0.3, -0.25) is 0 Å². The van der Waals surface area contributed by atoms with Crippen molar-refractivity contribution in [3.8, 4) is 39.7 Å². The monoisotopic (exact) mass is 519 g/mol. The zero-order valence-electron chi connectivity index (χ0n) is 22.8. The van der Waals surface area contributed by atoms with Gasteiger partial charge in [-0.2, -0.15) is 0 Å². The van der Waals surface area contributed by atoms with Crippen molar-refractivity contribution in [2.24, 2.45) is 0 Å². The number of benzene rings is 5. The molecule has 0 unspecified atom stereocenters. The second-order valence-electron chi connectivity index (χ2n) is 11.2. The fourth-order valence-electron chi connectivity index (χ4n) is 5.38. The van der Waals surface area contributed by atoms with Gasteiger partial charge in [0.2, 0.25) is 11.8 Å². The van der Waals surface area contributed by atoms with E-state index in [-0.39, 0.29) is 5.41 Å². The number of para-hydroxylation sites is 1. The van der Waals surface area contributed by atoms with Crippen LogP contribution in [-0.4, -0.2) is 14.8 Å². The van der Waals surface area contributed by atoms with E-state index in [0.717, 1.165) is 16.8 Å². The van der Waals surface area contributed by atoms with Gasteiger partial charge in [0, 0.05) is 27.6 Å². The molecule has 0 aliphatic carbocycles. The van der Waals surface area contributed by atoms with Crippen molar-refractivity contribution in [3.63, 3.8) is 0 Å². The molecule has 7 aromatic rings. The van der Waals surface area contributed by atoms with E-state index >= 15 is 0 Å². The Balaban J connectivity index is 1.24. The Morgan fingerprint density at radius 2 is 1.10 bits per heavy atom. The molecule has 4 heteroatoms. The average Bonchev–Trinajstić information content (AvgIpc) is 3.61. The van der Waals surface area contributed by atoms with E-state index in [9.17, 15) is 0 Å². The van der Waals surface area contributed by atoms with Crippen molar-refractivity contribution in [1.29, 1.82) is 0 Å². The summed E-state index contributed by atoms with van der Waals surface area (Å²) in [6.45, 7) is 6.62. The third-order valence-electron chi connectivity index (χ3n) is 7.58. The first kappa shape index (κ1) is 24.1. The largest absolute Gasteiger partial charge is 0.416 e. The van der Waals surface area contributed by atoms with Crippen molar-refractivity contribution in [1.82, 2.24) is 14.8 Å². The lowest BCUT2D eigenvalue weighted by Crippen LogP contribution is -2.10. The minimum absolute atomic E-state index is 0.0980. The molecule has 0 N–H and O–H groups in total. The van der Waals surface area contributed by atoms with Gasteiger partial charge in [-0.25, -0.2) is 0 Å². The van der Waals surface area contributed by atoms with E-state index in [2.05, 4.69) is 133 Å². The van der Waals surface area contributed by atoms with E-state index < -0.39 is 0 Å². The first-order chi connectivity index (χ1) is 19.5. The maximum atomic E-state index is 6.08. The van der Waals surface area contributed by atoms with E-state index in [4.69, 9.17) is 4.42 Å². The van der Waals surface area contributed by atoms with Crippen LogP contribution in [0.4, 0.5) is 0 Å². The fourth-order valence-corrected chi connectivity index (χ4v) is 5.38. The fraction of sp³-hybridized carbons (Fsp3) is 0.111. The van der Waals surface area contributed by atoms with Gasteiger partial charge in [0.15, 0.2) is 0 Å². The van der Waals surface area contributed by atoms with Crippen molar-refractivity contribution in [2.45, 2.75) is 26.2 Å². The Hall–Kier alpha value is -4.96. The molecule has 4 nitrogen and oxygen atoms in total. The Morgan fingerprint density at radius 1 is 0.525 bits per heavy atom. The molecule has 0 amide bonds. The molecule has 0 spiro atoms. The summed E-state index contributed by atoms with van der Waals surface area (Å²) in [5.74, 6) is 1.03. The van der Waals surface area contributed by atoms with Crippen molar-refractivity contribution < 1.29 is 4.42 Å². The molecule has 2 aromatic heterocycles. The minimum Gasteiger partial charge on any atom is -0.416 e. The van der Waals surface area contributed by atoms with Crippen LogP contribution in [0.15, 0.2) is 126 Å². The standard InChI is InChI=1S/C36H29N3O/c1-36(2,3)28-18-13-25(14-19-28)34-37-38-35(40-34)26-15-20-29(21-16-26)39-32-12-8-7-11-30(32)31-23-27(17-22-33(31)39)24-9-5-4-6-10-24/h4-23H,1-3H3. The summed E-state index contributed by atoms with van der Waals surface area (Å²) in [5, 5.41) is 11.1. The molecule has 7 rings (SSSR count). The zero-order chi connectivity index (χ0) is 27.3. The highest BCUT2D eigenvalue weighted by Crippen LogP contribution is 2.35. The van der Waals surface area contributed by atoms with Gasteiger partial charge in [-0.1, -0.05) is 87.5 Å². The molecule has 40 heavy (non-hydrogen) atoms. The van der Waals surface area contributed by atoms with E-state index in [1.165, 1.54) is 38.5 Å². The Kier molecular flexibility index (Phi) is 5.64. The van der Waals surface area contributed by atoms with Crippen LogP contribution < -0.4 is 0 Å². The van der Waals surface area contributed by atoms with E-state index in [1.807, 2.05) is 24.3 Å². The quantitative estimate of drug-likeness (QED) is 0.233. The van der Waals surface area contributed by atoms with Gasteiger partial charge in [-0.15, -0.1) is 10.2 Å². The van der Waals surface area contributed by atoms with Crippen molar-refractivity contribution >= 4 is 21.8 Å². The van der Waals surface area contributed by atoms with Crippen LogP contribution in [-0.2, 0) is 5.41 Å². The van der Waals surface area contributed by atoms with Crippen LogP contribution in [0.25, 0.3) is 61.5 Å². The molecule has 2 heterocycles. The Labute approximate surface area is 233 Å².